The number of hydrogen-bond acceptors (Lipinski definition) is 2. The number of para-hydroxylation sites is 1. The van der Waals surface area contributed by atoms with Crippen LogP contribution < -0.4 is 0 Å². The zero-order valence-corrected chi connectivity index (χ0v) is 12.5. The van der Waals surface area contributed by atoms with Crippen LogP contribution in [0, 0.1) is 0 Å². The minimum atomic E-state index is -1.04. The summed E-state index contributed by atoms with van der Waals surface area (Å²) in [6.45, 7) is 0. The highest BCUT2D eigenvalue weighted by Gasteiger charge is 2.22. The maximum Gasteiger partial charge on any atom is 0.357 e. The molecular weight excluding hydrogens is 322 g/mol. The number of aromatic nitrogens is 3. The Morgan fingerprint density at radius 2 is 2.00 bits per heavy atom. The largest absolute Gasteiger partial charge is 0.476 e. The molecule has 6 heteroatoms. The quantitative estimate of drug-likeness (QED) is 0.784. The van der Waals surface area contributed by atoms with Gasteiger partial charge in [0.25, 0.3) is 0 Å². The van der Waals surface area contributed by atoms with Gasteiger partial charge in [0, 0.05) is 36.8 Å². The summed E-state index contributed by atoms with van der Waals surface area (Å²) < 4.78 is 4.11. The molecule has 0 bridgehead atoms. The Balaban J connectivity index is 2.34. The van der Waals surface area contributed by atoms with Crippen molar-refractivity contribution in [2.45, 2.75) is 0 Å². The molecule has 102 valence electrons. The van der Waals surface area contributed by atoms with Crippen LogP contribution >= 0.6 is 15.9 Å². The minimum Gasteiger partial charge on any atom is -0.476 e. The molecule has 1 aromatic carbocycles. The first-order valence-corrected chi connectivity index (χ1v) is 6.80. The first-order valence-electron chi connectivity index (χ1n) is 6.01. The number of aryl methyl sites for hydroxylation is 2. The Morgan fingerprint density at radius 3 is 2.65 bits per heavy atom. The van der Waals surface area contributed by atoms with Gasteiger partial charge in [-0.3, -0.25) is 4.68 Å². The molecule has 0 atom stereocenters. The molecule has 1 N–H and O–H groups in total. The van der Waals surface area contributed by atoms with Crippen LogP contribution in [0.2, 0.25) is 0 Å². The van der Waals surface area contributed by atoms with Gasteiger partial charge in [-0.1, -0.05) is 18.2 Å². The zero-order chi connectivity index (χ0) is 14.4. The van der Waals surface area contributed by atoms with Crippen LogP contribution in [0.5, 0.6) is 0 Å². The molecule has 0 radical (unpaired) electrons. The highest BCUT2D eigenvalue weighted by molar-refractivity contribution is 9.10. The van der Waals surface area contributed by atoms with Crippen LogP contribution in [-0.4, -0.2) is 25.4 Å². The second kappa shape index (κ2) is 4.49. The molecule has 0 saturated carbocycles. The average Bonchev–Trinajstić information content (AvgIpc) is 2.88. The summed E-state index contributed by atoms with van der Waals surface area (Å²) in [5.41, 5.74) is 2.83. The van der Waals surface area contributed by atoms with Crippen LogP contribution in [0.3, 0.4) is 0 Å². The van der Waals surface area contributed by atoms with Crippen molar-refractivity contribution in [3.8, 4) is 11.3 Å². The van der Waals surface area contributed by atoms with E-state index in [0.29, 0.717) is 4.47 Å². The van der Waals surface area contributed by atoms with Crippen molar-refractivity contribution in [1.29, 1.82) is 0 Å². The standard InChI is InChI=1S/C14H12BrN3O2/c1-17-7-9(8-5-3-4-6-10(8)17)13-11(15)12(14(19)20)16-18(13)2/h3-7H,1-2H3,(H,19,20). The van der Waals surface area contributed by atoms with Gasteiger partial charge in [0.2, 0.25) is 0 Å². The van der Waals surface area contributed by atoms with Crippen molar-refractivity contribution < 1.29 is 9.90 Å². The molecule has 0 unspecified atom stereocenters. The summed E-state index contributed by atoms with van der Waals surface area (Å²) in [7, 11) is 3.71. The van der Waals surface area contributed by atoms with Crippen molar-refractivity contribution in [1.82, 2.24) is 14.3 Å². The normalized spacial score (nSPS) is 11.2. The van der Waals surface area contributed by atoms with E-state index in [1.54, 1.807) is 11.7 Å². The SMILES string of the molecule is Cn1nc(C(=O)O)c(Br)c1-c1cn(C)c2ccccc12. The zero-order valence-electron chi connectivity index (χ0n) is 11.0. The minimum absolute atomic E-state index is 0.0236. The summed E-state index contributed by atoms with van der Waals surface area (Å²) in [5.74, 6) is -1.04. The lowest BCUT2D eigenvalue weighted by atomic mass is 10.1. The first-order chi connectivity index (χ1) is 9.50. The smallest absolute Gasteiger partial charge is 0.357 e. The van der Waals surface area contributed by atoms with Crippen LogP contribution in [0.15, 0.2) is 34.9 Å². The van der Waals surface area contributed by atoms with Crippen molar-refractivity contribution in [3.05, 3.63) is 40.6 Å². The number of rotatable bonds is 2. The number of fused-ring (bicyclic) bond motifs is 1. The Kier molecular flexibility index (Phi) is 2.90. The predicted molar refractivity (Wildman–Crippen MR) is 79.8 cm³/mol. The molecule has 2 aromatic heterocycles. The fraction of sp³-hybridized carbons (Fsp3) is 0.143. The van der Waals surface area contributed by atoms with Gasteiger partial charge in [-0.25, -0.2) is 4.79 Å². The molecule has 0 aliphatic carbocycles. The molecule has 2 heterocycles. The van der Waals surface area contributed by atoms with Crippen molar-refractivity contribution >= 4 is 32.8 Å². The van der Waals surface area contributed by atoms with E-state index in [-0.39, 0.29) is 5.69 Å². The monoisotopic (exact) mass is 333 g/mol. The van der Waals surface area contributed by atoms with Gasteiger partial charge in [-0.15, -0.1) is 0 Å². The van der Waals surface area contributed by atoms with E-state index in [2.05, 4.69) is 21.0 Å². The van der Waals surface area contributed by atoms with Crippen molar-refractivity contribution in [2.24, 2.45) is 14.1 Å². The molecule has 0 aliphatic heterocycles. The number of aromatic carboxylic acids is 1. The van der Waals surface area contributed by atoms with E-state index < -0.39 is 5.97 Å². The van der Waals surface area contributed by atoms with Crippen LogP contribution in [-0.2, 0) is 14.1 Å². The molecule has 0 aliphatic rings. The fourth-order valence-electron chi connectivity index (χ4n) is 2.46. The van der Waals surface area contributed by atoms with E-state index in [0.717, 1.165) is 22.2 Å². The van der Waals surface area contributed by atoms with Gasteiger partial charge < -0.3 is 9.67 Å². The molecule has 3 aromatic rings. The lowest BCUT2D eigenvalue weighted by Crippen LogP contribution is -1.99. The van der Waals surface area contributed by atoms with E-state index in [1.807, 2.05) is 42.1 Å². The molecular formula is C14H12BrN3O2. The van der Waals surface area contributed by atoms with E-state index in [9.17, 15) is 4.79 Å². The highest BCUT2D eigenvalue weighted by atomic mass is 79.9. The summed E-state index contributed by atoms with van der Waals surface area (Å²) in [6, 6.07) is 7.99. The molecule has 0 spiro atoms. The van der Waals surface area contributed by atoms with E-state index >= 15 is 0 Å². The van der Waals surface area contributed by atoms with E-state index in [1.165, 1.54) is 0 Å². The number of carbonyl (C=O) groups is 1. The predicted octanol–water partition coefficient (Wildman–Crippen LogP) is 3.04. The molecule has 3 rings (SSSR count). The third-order valence-corrected chi connectivity index (χ3v) is 4.10. The summed E-state index contributed by atoms with van der Waals surface area (Å²) >= 11 is 3.36. The van der Waals surface area contributed by atoms with Gasteiger partial charge in [-0.05, 0) is 22.0 Å². The Labute approximate surface area is 123 Å². The van der Waals surface area contributed by atoms with Gasteiger partial charge in [0.05, 0.1) is 10.2 Å². The first kappa shape index (κ1) is 12.9. The lowest BCUT2D eigenvalue weighted by Gasteiger charge is -2.01. The van der Waals surface area contributed by atoms with Crippen molar-refractivity contribution in [2.75, 3.05) is 0 Å². The summed E-state index contributed by atoms with van der Waals surface area (Å²) in [6.07, 6.45) is 1.98. The Hall–Kier alpha value is -2.08. The third-order valence-electron chi connectivity index (χ3n) is 3.34. The highest BCUT2D eigenvalue weighted by Crippen LogP contribution is 2.36. The number of benzene rings is 1. The van der Waals surface area contributed by atoms with Crippen LogP contribution in [0.4, 0.5) is 0 Å². The lowest BCUT2D eigenvalue weighted by molar-refractivity contribution is 0.0688. The second-order valence-electron chi connectivity index (χ2n) is 4.61. The maximum absolute atomic E-state index is 11.2. The van der Waals surface area contributed by atoms with Crippen LogP contribution in [0.1, 0.15) is 10.5 Å². The number of carboxylic acids is 1. The fourth-order valence-corrected chi connectivity index (χ4v) is 3.18. The van der Waals surface area contributed by atoms with Crippen molar-refractivity contribution in [3.63, 3.8) is 0 Å². The summed E-state index contributed by atoms with van der Waals surface area (Å²) in [4.78, 5) is 11.2. The number of halogens is 1. The molecule has 0 amide bonds. The molecule has 20 heavy (non-hydrogen) atoms. The van der Waals surface area contributed by atoms with Gasteiger partial charge >= 0.3 is 5.97 Å². The topological polar surface area (TPSA) is 60.1 Å². The van der Waals surface area contributed by atoms with Gasteiger partial charge in [0.1, 0.15) is 0 Å². The second-order valence-corrected chi connectivity index (χ2v) is 5.40. The number of hydrogen-bond donors (Lipinski definition) is 1. The van der Waals surface area contributed by atoms with E-state index in [4.69, 9.17) is 5.11 Å². The van der Waals surface area contributed by atoms with Crippen LogP contribution in [0.25, 0.3) is 22.2 Å². The maximum atomic E-state index is 11.2. The average molecular weight is 334 g/mol. The number of carboxylic acid groups (broad SMARTS) is 1. The number of nitrogens with zero attached hydrogens (tertiary/aromatic N) is 3. The molecule has 0 fully saturated rings. The van der Waals surface area contributed by atoms with Gasteiger partial charge in [0.15, 0.2) is 5.69 Å². The Morgan fingerprint density at radius 1 is 1.30 bits per heavy atom. The summed E-state index contributed by atoms with van der Waals surface area (Å²) in [5, 5.41) is 14.3. The Bertz CT molecular complexity index is 832. The van der Waals surface area contributed by atoms with Gasteiger partial charge in [-0.2, -0.15) is 5.10 Å². The molecule has 5 nitrogen and oxygen atoms in total. The third kappa shape index (κ3) is 1.76. The molecule has 0 saturated heterocycles.